The number of hydrogen-bond donors (Lipinski definition) is 0. The lowest BCUT2D eigenvalue weighted by Crippen LogP contribution is -2.18. The number of benzene rings is 2. The molecule has 1 radical (unpaired) electrons. The first-order chi connectivity index (χ1) is 7.99. The van der Waals surface area contributed by atoms with Gasteiger partial charge in [0.2, 0.25) is 0 Å². The first-order valence-electron chi connectivity index (χ1n) is 6.27. The lowest BCUT2D eigenvalue weighted by molar-refractivity contribution is 0.492. The van der Waals surface area contributed by atoms with E-state index in [4.69, 9.17) is 0 Å². The molecule has 0 aliphatic carbocycles. The highest BCUT2D eigenvalue weighted by atomic mass is 14.3. The molecule has 0 aliphatic heterocycles. The molecule has 0 heterocycles. The van der Waals surface area contributed by atoms with Gasteiger partial charge in [-0.3, -0.25) is 0 Å². The van der Waals surface area contributed by atoms with Crippen LogP contribution in [0.15, 0.2) is 42.5 Å². The maximum atomic E-state index is 2.33. The minimum Gasteiger partial charge on any atom is -0.0616 e. The lowest BCUT2D eigenvalue weighted by Gasteiger charge is -2.27. The molecule has 0 heteroatoms. The van der Waals surface area contributed by atoms with Crippen LogP contribution in [-0.2, 0) is 5.41 Å². The Kier molecular flexibility index (Phi) is 3.24. The second-order valence-electron chi connectivity index (χ2n) is 5.83. The van der Waals surface area contributed by atoms with E-state index in [1.807, 2.05) is 0 Å². The van der Waals surface area contributed by atoms with Gasteiger partial charge in [-0.2, -0.15) is 0 Å². The molecular weight excluding hydrogens is 204 g/mol. The Morgan fingerprint density at radius 2 is 1.59 bits per heavy atom. The summed E-state index contributed by atoms with van der Waals surface area (Å²) >= 11 is 0. The molecule has 0 nitrogen and oxygen atoms in total. The summed E-state index contributed by atoms with van der Waals surface area (Å²) in [5, 5.41) is 2.66. The molecule has 2 rings (SSSR count). The van der Waals surface area contributed by atoms with Gasteiger partial charge in [0.15, 0.2) is 0 Å². The van der Waals surface area contributed by atoms with E-state index in [9.17, 15) is 0 Å². The summed E-state index contributed by atoms with van der Waals surface area (Å²) in [6, 6.07) is 15.4. The minimum absolute atomic E-state index is 0.225. The third kappa shape index (κ3) is 2.69. The zero-order valence-electron chi connectivity index (χ0n) is 11.2. The predicted octanol–water partition coefficient (Wildman–Crippen LogP) is 5.12. The van der Waals surface area contributed by atoms with Gasteiger partial charge in [0.1, 0.15) is 0 Å². The molecule has 0 aromatic heterocycles. The summed E-state index contributed by atoms with van der Waals surface area (Å²) in [6.07, 6.45) is 1.14. The van der Waals surface area contributed by atoms with E-state index in [-0.39, 0.29) is 5.41 Å². The molecular formula is C17H21. The van der Waals surface area contributed by atoms with Crippen LogP contribution in [0.25, 0.3) is 10.8 Å². The number of fused-ring (bicyclic) bond motifs is 1. The predicted molar refractivity (Wildman–Crippen MR) is 76.2 cm³/mol. The third-order valence-corrected chi connectivity index (χ3v) is 3.33. The Morgan fingerprint density at radius 1 is 0.941 bits per heavy atom. The lowest BCUT2D eigenvalue weighted by atomic mass is 9.77. The van der Waals surface area contributed by atoms with Gasteiger partial charge >= 0.3 is 0 Å². The Labute approximate surface area is 105 Å². The second kappa shape index (κ2) is 4.52. The van der Waals surface area contributed by atoms with Crippen LogP contribution >= 0.6 is 0 Å². The third-order valence-electron chi connectivity index (χ3n) is 3.33. The maximum absolute atomic E-state index is 2.33. The molecule has 89 valence electrons. The van der Waals surface area contributed by atoms with Crippen LogP contribution in [0.2, 0.25) is 0 Å². The van der Waals surface area contributed by atoms with E-state index in [1.165, 1.54) is 22.3 Å². The fraction of sp³-hybridized carbons (Fsp3) is 0.353. The topological polar surface area (TPSA) is 0 Å². The fourth-order valence-corrected chi connectivity index (χ4v) is 2.60. The van der Waals surface area contributed by atoms with Crippen molar-refractivity contribution in [2.45, 2.75) is 39.5 Å². The molecule has 0 amide bonds. The summed E-state index contributed by atoms with van der Waals surface area (Å²) in [5.74, 6) is 1.49. The molecule has 0 unspecified atom stereocenters. The summed E-state index contributed by atoms with van der Waals surface area (Å²) in [6.45, 7) is 9.07. The Morgan fingerprint density at radius 3 is 2.24 bits per heavy atom. The van der Waals surface area contributed by atoms with E-state index in [0.717, 1.165) is 6.42 Å². The van der Waals surface area contributed by atoms with Crippen molar-refractivity contribution in [3.63, 3.8) is 0 Å². The summed E-state index contributed by atoms with van der Waals surface area (Å²) < 4.78 is 0. The monoisotopic (exact) mass is 225 g/mol. The van der Waals surface area contributed by atoms with Crippen LogP contribution < -0.4 is 0 Å². The largest absolute Gasteiger partial charge is 0.0616 e. The van der Waals surface area contributed by atoms with Gasteiger partial charge in [-0.05, 0) is 34.1 Å². The Hall–Kier alpha value is -1.30. The van der Waals surface area contributed by atoms with E-state index in [2.05, 4.69) is 70.2 Å². The van der Waals surface area contributed by atoms with Gasteiger partial charge < -0.3 is 0 Å². The van der Waals surface area contributed by atoms with Crippen LogP contribution in [0.1, 0.15) is 39.7 Å². The first-order valence-corrected chi connectivity index (χ1v) is 6.27. The van der Waals surface area contributed by atoms with Gasteiger partial charge in [-0.1, -0.05) is 70.2 Å². The summed E-state index contributed by atoms with van der Waals surface area (Å²) in [7, 11) is 0. The quantitative estimate of drug-likeness (QED) is 0.680. The molecule has 0 aliphatic rings. The zero-order chi connectivity index (χ0) is 12.5. The zero-order valence-corrected chi connectivity index (χ0v) is 11.2. The second-order valence-corrected chi connectivity index (χ2v) is 5.83. The molecule has 0 saturated heterocycles. The van der Waals surface area contributed by atoms with Gasteiger partial charge in [0, 0.05) is 0 Å². The van der Waals surface area contributed by atoms with Gasteiger partial charge in [0.05, 0.1) is 0 Å². The highest BCUT2D eigenvalue weighted by Gasteiger charge is 2.22. The maximum Gasteiger partial charge on any atom is -0.00981 e. The summed E-state index contributed by atoms with van der Waals surface area (Å²) in [5.41, 5.74) is 1.65. The number of hydrogen-bond acceptors (Lipinski definition) is 0. The van der Waals surface area contributed by atoms with Gasteiger partial charge in [-0.15, -0.1) is 0 Å². The average Bonchev–Trinajstić information content (AvgIpc) is 2.26. The smallest absolute Gasteiger partial charge is 0.00981 e. The standard InChI is InChI=1S/C17H21/c1-13(2)12-17(3,4)16-10-9-14-7-5-6-8-15(14)11-16/h5-11H,12H2,1-4H3. The fourth-order valence-electron chi connectivity index (χ4n) is 2.60. The normalized spacial score (nSPS) is 12.3. The molecule has 2 aromatic rings. The number of rotatable bonds is 3. The van der Waals surface area contributed by atoms with Crippen molar-refractivity contribution >= 4 is 10.8 Å². The van der Waals surface area contributed by atoms with E-state index in [0.29, 0.717) is 0 Å². The molecule has 0 N–H and O–H groups in total. The van der Waals surface area contributed by atoms with Crippen LogP contribution in [-0.4, -0.2) is 0 Å². The molecule has 17 heavy (non-hydrogen) atoms. The van der Waals surface area contributed by atoms with Crippen LogP contribution in [0, 0.1) is 5.92 Å². The van der Waals surface area contributed by atoms with E-state index < -0.39 is 0 Å². The van der Waals surface area contributed by atoms with Crippen LogP contribution in [0.4, 0.5) is 0 Å². The van der Waals surface area contributed by atoms with Crippen molar-refractivity contribution in [2.24, 2.45) is 0 Å². The molecule has 0 saturated carbocycles. The SMILES string of the molecule is C[C](C)CC(C)(C)c1ccc2ccccc2c1. The van der Waals surface area contributed by atoms with Crippen molar-refractivity contribution in [1.82, 2.24) is 0 Å². The van der Waals surface area contributed by atoms with Crippen LogP contribution in [0.5, 0.6) is 0 Å². The van der Waals surface area contributed by atoms with Gasteiger partial charge in [-0.25, -0.2) is 0 Å². The minimum atomic E-state index is 0.225. The molecule has 0 bridgehead atoms. The van der Waals surface area contributed by atoms with Crippen molar-refractivity contribution in [3.8, 4) is 0 Å². The summed E-state index contributed by atoms with van der Waals surface area (Å²) in [4.78, 5) is 0. The van der Waals surface area contributed by atoms with E-state index >= 15 is 0 Å². The highest BCUT2D eigenvalue weighted by molar-refractivity contribution is 5.83. The molecule has 2 aromatic carbocycles. The highest BCUT2D eigenvalue weighted by Crippen LogP contribution is 2.32. The van der Waals surface area contributed by atoms with Gasteiger partial charge in [0.25, 0.3) is 0 Å². The van der Waals surface area contributed by atoms with Crippen molar-refractivity contribution in [2.75, 3.05) is 0 Å². The first kappa shape index (κ1) is 12.2. The van der Waals surface area contributed by atoms with Crippen molar-refractivity contribution < 1.29 is 0 Å². The Balaban J connectivity index is 2.42. The van der Waals surface area contributed by atoms with Crippen molar-refractivity contribution in [3.05, 3.63) is 53.9 Å². The Bertz CT molecular complexity index is 506. The van der Waals surface area contributed by atoms with Crippen LogP contribution in [0.3, 0.4) is 0 Å². The van der Waals surface area contributed by atoms with E-state index in [1.54, 1.807) is 0 Å². The van der Waals surface area contributed by atoms with Crippen molar-refractivity contribution in [1.29, 1.82) is 0 Å². The molecule has 0 fully saturated rings. The molecule has 0 atom stereocenters. The molecule has 0 spiro atoms. The average molecular weight is 225 g/mol.